The molecule has 0 aliphatic heterocycles. The molecule has 2 aromatic heterocycles. The molecule has 84 valence electrons. The van der Waals surface area contributed by atoms with E-state index < -0.39 is 0 Å². The molecule has 0 amide bonds. The molecule has 16 heavy (non-hydrogen) atoms. The summed E-state index contributed by atoms with van der Waals surface area (Å²) in [6.07, 6.45) is 2.60. The average Bonchev–Trinajstić information content (AvgIpc) is 3.00. The highest BCUT2D eigenvalue weighted by molar-refractivity contribution is 5.49. The molecule has 0 atom stereocenters. The van der Waals surface area contributed by atoms with Crippen LogP contribution in [-0.4, -0.2) is 26.1 Å². The maximum Gasteiger partial charge on any atom is 0.349 e. The van der Waals surface area contributed by atoms with Crippen molar-refractivity contribution in [2.45, 2.75) is 19.8 Å². The average molecular weight is 219 g/mol. The van der Waals surface area contributed by atoms with E-state index in [1.54, 1.807) is 13.0 Å². The van der Waals surface area contributed by atoms with Crippen molar-refractivity contribution in [2.75, 3.05) is 11.9 Å². The van der Waals surface area contributed by atoms with Crippen molar-refractivity contribution in [1.29, 1.82) is 0 Å². The van der Waals surface area contributed by atoms with Gasteiger partial charge in [0.15, 0.2) is 5.65 Å². The van der Waals surface area contributed by atoms with Crippen LogP contribution in [0.25, 0.3) is 5.65 Å². The Hall–Kier alpha value is -1.85. The maximum absolute atomic E-state index is 11.4. The number of fused-ring (bicyclic) bond motifs is 1. The maximum atomic E-state index is 11.4. The third kappa shape index (κ3) is 1.56. The number of anilines is 1. The lowest BCUT2D eigenvalue weighted by atomic mass is 10.4. The molecule has 0 unspecified atom stereocenters. The van der Waals surface area contributed by atoms with E-state index in [0.29, 0.717) is 11.5 Å². The topological polar surface area (TPSA) is 75.1 Å². The lowest BCUT2D eigenvalue weighted by Gasteiger charge is -2.05. The Labute approximate surface area is 91.7 Å². The van der Waals surface area contributed by atoms with Crippen LogP contribution in [0.15, 0.2) is 10.9 Å². The van der Waals surface area contributed by atoms with Gasteiger partial charge in [0, 0.05) is 12.6 Å². The molecule has 0 radical (unpaired) electrons. The standard InChI is InChI=1S/C10H13N5O/c1-6-12-8(11-5-7-2-3-7)4-9-13-14-10(16)15(6)9/h4,7,11H,2-3,5H2,1H3,(H,14,16). The van der Waals surface area contributed by atoms with Crippen LogP contribution < -0.4 is 11.0 Å². The summed E-state index contributed by atoms with van der Waals surface area (Å²) in [5.41, 5.74) is 0.365. The molecule has 1 saturated carbocycles. The Morgan fingerprint density at radius 3 is 3.19 bits per heavy atom. The highest BCUT2D eigenvalue weighted by Gasteiger charge is 2.20. The number of nitrogens with zero attached hydrogens (tertiary/aromatic N) is 3. The molecule has 0 aromatic carbocycles. The summed E-state index contributed by atoms with van der Waals surface area (Å²) in [7, 11) is 0. The highest BCUT2D eigenvalue weighted by Crippen LogP contribution is 2.28. The molecular formula is C10H13N5O. The number of aryl methyl sites for hydroxylation is 1. The van der Waals surface area contributed by atoms with E-state index in [1.165, 1.54) is 17.2 Å². The van der Waals surface area contributed by atoms with E-state index >= 15 is 0 Å². The zero-order valence-corrected chi connectivity index (χ0v) is 9.03. The van der Waals surface area contributed by atoms with Crippen molar-refractivity contribution in [3.05, 3.63) is 22.4 Å². The van der Waals surface area contributed by atoms with Gasteiger partial charge in [0.2, 0.25) is 0 Å². The van der Waals surface area contributed by atoms with Gasteiger partial charge in [-0.05, 0) is 25.7 Å². The third-order valence-electron chi connectivity index (χ3n) is 2.84. The first-order valence-corrected chi connectivity index (χ1v) is 5.43. The summed E-state index contributed by atoms with van der Waals surface area (Å²) in [6, 6.07) is 1.78. The second-order valence-electron chi connectivity index (χ2n) is 4.24. The van der Waals surface area contributed by atoms with Crippen LogP contribution in [0.5, 0.6) is 0 Å². The lowest BCUT2D eigenvalue weighted by Crippen LogP contribution is -2.14. The fraction of sp³-hybridized carbons (Fsp3) is 0.500. The molecule has 1 aliphatic rings. The molecule has 2 aromatic rings. The molecule has 2 heterocycles. The van der Waals surface area contributed by atoms with Crippen molar-refractivity contribution in [2.24, 2.45) is 5.92 Å². The van der Waals surface area contributed by atoms with E-state index in [1.807, 2.05) is 0 Å². The molecule has 0 saturated heterocycles. The zero-order chi connectivity index (χ0) is 11.1. The van der Waals surface area contributed by atoms with Crippen LogP contribution >= 0.6 is 0 Å². The van der Waals surface area contributed by atoms with Gasteiger partial charge in [0.05, 0.1) is 0 Å². The molecule has 0 spiro atoms. The monoisotopic (exact) mass is 219 g/mol. The number of H-pyrrole nitrogens is 1. The van der Waals surface area contributed by atoms with E-state index in [4.69, 9.17) is 0 Å². The zero-order valence-electron chi connectivity index (χ0n) is 9.03. The SMILES string of the molecule is Cc1nc(NCC2CC2)cc2n[nH]c(=O)n12. The molecule has 2 N–H and O–H groups in total. The minimum Gasteiger partial charge on any atom is -0.370 e. The molecule has 3 rings (SSSR count). The largest absolute Gasteiger partial charge is 0.370 e. The molecule has 6 nitrogen and oxygen atoms in total. The summed E-state index contributed by atoms with van der Waals surface area (Å²) in [6.45, 7) is 2.75. The van der Waals surface area contributed by atoms with Crippen molar-refractivity contribution in [3.63, 3.8) is 0 Å². The predicted molar refractivity (Wildman–Crippen MR) is 59.6 cm³/mol. The number of hydrogen-bond acceptors (Lipinski definition) is 4. The van der Waals surface area contributed by atoms with Crippen LogP contribution in [0, 0.1) is 12.8 Å². The van der Waals surface area contributed by atoms with E-state index in [2.05, 4.69) is 20.5 Å². The summed E-state index contributed by atoms with van der Waals surface area (Å²) in [5, 5.41) is 9.61. The van der Waals surface area contributed by atoms with Gasteiger partial charge < -0.3 is 5.32 Å². The minimum atomic E-state index is -0.242. The third-order valence-corrected chi connectivity index (χ3v) is 2.84. The van der Waals surface area contributed by atoms with Gasteiger partial charge in [0.25, 0.3) is 0 Å². The normalized spacial score (nSPS) is 15.6. The minimum absolute atomic E-state index is 0.242. The van der Waals surface area contributed by atoms with Gasteiger partial charge in [0.1, 0.15) is 11.6 Å². The summed E-state index contributed by atoms with van der Waals surface area (Å²) < 4.78 is 1.46. The van der Waals surface area contributed by atoms with Crippen LogP contribution in [0.4, 0.5) is 5.82 Å². The second-order valence-corrected chi connectivity index (χ2v) is 4.24. The Morgan fingerprint density at radius 1 is 1.62 bits per heavy atom. The first-order valence-electron chi connectivity index (χ1n) is 5.43. The quantitative estimate of drug-likeness (QED) is 0.790. The van der Waals surface area contributed by atoms with Gasteiger partial charge in [-0.15, -0.1) is 0 Å². The molecule has 1 fully saturated rings. The predicted octanol–water partition coefficient (Wildman–Crippen LogP) is 0.548. The van der Waals surface area contributed by atoms with E-state index in [0.717, 1.165) is 18.3 Å². The number of nitrogens with one attached hydrogen (secondary N) is 2. The van der Waals surface area contributed by atoms with Crippen LogP contribution in [-0.2, 0) is 0 Å². The second kappa shape index (κ2) is 3.33. The molecule has 1 aliphatic carbocycles. The van der Waals surface area contributed by atoms with Gasteiger partial charge in [-0.25, -0.2) is 19.3 Å². The Morgan fingerprint density at radius 2 is 2.44 bits per heavy atom. The number of aromatic nitrogens is 4. The van der Waals surface area contributed by atoms with Crippen molar-refractivity contribution < 1.29 is 0 Å². The highest BCUT2D eigenvalue weighted by atomic mass is 16.1. The van der Waals surface area contributed by atoms with Gasteiger partial charge >= 0.3 is 5.69 Å². The number of hydrogen-bond donors (Lipinski definition) is 2. The smallest absolute Gasteiger partial charge is 0.349 e. The summed E-state index contributed by atoms with van der Waals surface area (Å²) >= 11 is 0. The van der Waals surface area contributed by atoms with E-state index in [-0.39, 0.29) is 5.69 Å². The number of aromatic amines is 1. The van der Waals surface area contributed by atoms with Crippen LogP contribution in [0.2, 0.25) is 0 Å². The first kappa shape index (κ1) is 9.38. The van der Waals surface area contributed by atoms with Gasteiger partial charge in [-0.3, -0.25) is 0 Å². The van der Waals surface area contributed by atoms with Crippen LogP contribution in [0.1, 0.15) is 18.7 Å². The summed E-state index contributed by atoms with van der Waals surface area (Å²) in [5.74, 6) is 2.23. The van der Waals surface area contributed by atoms with Crippen molar-refractivity contribution >= 4 is 11.5 Å². The van der Waals surface area contributed by atoms with Crippen LogP contribution in [0.3, 0.4) is 0 Å². The molecular weight excluding hydrogens is 206 g/mol. The van der Waals surface area contributed by atoms with Crippen molar-refractivity contribution in [1.82, 2.24) is 19.6 Å². The van der Waals surface area contributed by atoms with E-state index in [9.17, 15) is 4.79 Å². The summed E-state index contributed by atoms with van der Waals surface area (Å²) in [4.78, 5) is 15.7. The first-order chi connectivity index (χ1) is 7.74. The fourth-order valence-electron chi connectivity index (χ4n) is 1.76. The van der Waals surface area contributed by atoms with Gasteiger partial charge in [-0.1, -0.05) is 0 Å². The Balaban J connectivity index is 1.96. The molecule has 6 heteroatoms. The number of rotatable bonds is 3. The fourth-order valence-corrected chi connectivity index (χ4v) is 1.76. The Kier molecular flexibility index (Phi) is 1.95. The Bertz CT molecular complexity index is 580. The molecule has 0 bridgehead atoms. The van der Waals surface area contributed by atoms with Gasteiger partial charge in [-0.2, -0.15) is 5.10 Å². The lowest BCUT2D eigenvalue weighted by molar-refractivity contribution is 0.871. The van der Waals surface area contributed by atoms with Crippen molar-refractivity contribution in [3.8, 4) is 0 Å².